The summed E-state index contributed by atoms with van der Waals surface area (Å²) in [6.45, 7) is 4.56. The van der Waals surface area contributed by atoms with E-state index in [9.17, 15) is 10.3 Å². The first-order valence-electron chi connectivity index (χ1n) is 21.0. The van der Waals surface area contributed by atoms with E-state index >= 15 is 0 Å². The summed E-state index contributed by atoms with van der Waals surface area (Å²) in [7, 11) is -4.00. The van der Waals surface area contributed by atoms with E-state index in [1.54, 1.807) is 0 Å². The van der Waals surface area contributed by atoms with Gasteiger partial charge in [0.2, 0.25) is 0 Å². The molecule has 0 aliphatic heterocycles. The van der Waals surface area contributed by atoms with Gasteiger partial charge in [-0.3, -0.25) is 0 Å². The maximum absolute atomic E-state index is 9.32. The summed E-state index contributed by atoms with van der Waals surface area (Å²) in [6.07, 6.45) is 29.0. The minimum atomic E-state index is -2.00. The van der Waals surface area contributed by atoms with Crippen molar-refractivity contribution in [1.29, 1.82) is 10.3 Å². The Labute approximate surface area is 344 Å². The Kier molecular flexibility index (Phi) is 28.7. The predicted molar refractivity (Wildman–Crippen MR) is 252 cm³/mol. The Morgan fingerprint density at radius 1 is 0.296 bits per heavy atom. The van der Waals surface area contributed by atoms with Crippen LogP contribution in [0.3, 0.4) is 0 Å². The van der Waals surface area contributed by atoms with Crippen LogP contribution in [-0.4, -0.2) is 12.3 Å². The largest absolute Gasteiger partial charge is 0.309 e. The van der Waals surface area contributed by atoms with Crippen molar-refractivity contribution in [2.75, 3.05) is 12.3 Å². The molecule has 0 spiro atoms. The van der Waals surface area contributed by atoms with E-state index in [2.05, 4.69) is 135 Å². The summed E-state index contributed by atoms with van der Waals surface area (Å²) in [5.74, 6) is 0. The lowest BCUT2D eigenvalue weighted by Crippen LogP contribution is -2.18. The highest BCUT2D eigenvalue weighted by Gasteiger charge is 2.22. The average molecular weight is 812 g/mol. The molecule has 4 aromatic rings. The van der Waals surface area contributed by atoms with Gasteiger partial charge in [-0.2, -0.15) is 0 Å². The molecule has 54 heavy (non-hydrogen) atoms. The van der Waals surface area contributed by atoms with Crippen molar-refractivity contribution in [3.8, 4) is 0 Å². The molecule has 0 saturated carbocycles. The number of rotatable bonds is 26. The van der Waals surface area contributed by atoms with Crippen molar-refractivity contribution in [1.82, 2.24) is 0 Å². The summed E-state index contributed by atoms with van der Waals surface area (Å²) in [4.78, 5) is 0. The zero-order valence-electron chi connectivity index (χ0n) is 33.8. The van der Waals surface area contributed by atoms with E-state index in [0.717, 1.165) is 12.3 Å². The fraction of sp³-hybridized carbons (Fsp3) is 0.500. The Bertz CT molecular complexity index is 1310. The first-order chi connectivity index (χ1) is 25.5. The molecule has 300 valence electrons. The van der Waals surface area contributed by atoms with Gasteiger partial charge in [-0.1, -0.05) is 251 Å². The smallest absolute Gasteiger partial charge is 0.0237 e. The second kappa shape index (κ2) is 31.1. The first kappa shape index (κ1) is 49.9. The van der Waals surface area contributed by atoms with Crippen LogP contribution in [0.5, 0.6) is 0 Å². The molecule has 0 heterocycles. The number of benzene rings is 4. The molecule has 0 fully saturated rings. The number of hydrogen-bond acceptors (Lipinski definition) is 2. The third kappa shape index (κ3) is 18.7. The Balaban J connectivity index is 0.000000521. The monoisotopic (exact) mass is 810 g/mol. The first-order valence-corrected chi connectivity index (χ1v) is 25.0. The molecular weight excluding hydrogens is 737 g/mol. The van der Waals surface area contributed by atoms with Gasteiger partial charge in [-0.05, 0) is 46.4 Å². The highest BCUT2D eigenvalue weighted by Crippen LogP contribution is 2.46. The van der Waals surface area contributed by atoms with Crippen LogP contribution in [0.25, 0.3) is 0 Å². The molecular formula is C48H74Cl2N2P2. The van der Waals surface area contributed by atoms with Gasteiger partial charge < -0.3 is 10.3 Å². The van der Waals surface area contributed by atoms with Crippen molar-refractivity contribution in [3.05, 3.63) is 121 Å². The molecule has 0 aliphatic carbocycles. The summed E-state index contributed by atoms with van der Waals surface area (Å²) in [5, 5.41) is 23.5. The third-order valence-electron chi connectivity index (χ3n) is 10.5. The Morgan fingerprint density at radius 2 is 0.481 bits per heavy atom. The highest BCUT2D eigenvalue weighted by atomic mass is 35.5. The lowest BCUT2D eigenvalue weighted by molar-refractivity contribution is 0.563. The zero-order valence-corrected chi connectivity index (χ0v) is 37.2. The van der Waals surface area contributed by atoms with Crippen LogP contribution in [0.15, 0.2) is 121 Å². The maximum atomic E-state index is 9.32. The van der Waals surface area contributed by atoms with Crippen LogP contribution in [0.1, 0.15) is 142 Å². The van der Waals surface area contributed by atoms with Crippen molar-refractivity contribution < 1.29 is 0 Å². The molecule has 0 atom stereocenters. The molecule has 2 N–H and O–H groups in total. The van der Waals surface area contributed by atoms with Crippen LogP contribution in [0.4, 0.5) is 0 Å². The van der Waals surface area contributed by atoms with E-state index < -0.39 is 14.1 Å². The summed E-state index contributed by atoms with van der Waals surface area (Å²) >= 11 is 0. The normalized spacial score (nSPS) is 11.1. The molecule has 0 saturated heterocycles. The minimum Gasteiger partial charge on any atom is -0.309 e. The Morgan fingerprint density at radius 3 is 0.685 bits per heavy atom. The van der Waals surface area contributed by atoms with E-state index in [1.165, 1.54) is 150 Å². The number of halogens is 2. The van der Waals surface area contributed by atoms with E-state index in [0.29, 0.717) is 0 Å². The molecule has 0 aliphatic rings. The lowest BCUT2D eigenvalue weighted by Gasteiger charge is -2.23. The van der Waals surface area contributed by atoms with Gasteiger partial charge in [0, 0.05) is 14.1 Å². The SMILES string of the molecule is CCCCCCCCCCCCP(=N)(c1ccccc1)c1ccccc1.CCCCCCCCCCCCP(=N)(c1ccccc1)c1ccccc1.Cl.Cl. The number of nitrogens with one attached hydrogen (secondary N) is 2. The van der Waals surface area contributed by atoms with Crippen LogP contribution in [0, 0.1) is 10.3 Å². The average Bonchev–Trinajstić information content (AvgIpc) is 3.20. The second-order valence-electron chi connectivity index (χ2n) is 14.8. The van der Waals surface area contributed by atoms with Crippen molar-refractivity contribution >= 4 is 60.1 Å². The lowest BCUT2D eigenvalue weighted by atomic mass is 10.1. The number of unbranched alkanes of at least 4 members (excludes halogenated alkanes) is 18. The standard InChI is InChI=1S/2C24H36NP.2ClH/c2*1-2-3-4-5-6-7-8-9-10-17-22-26(25,23-18-13-11-14-19-23)24-20-15-12-16-21-24;;/h2*11-16,18-21,25H,2-10,17,22H2,1H3;2*1H. The quantitative estimate of drug-likeness (QED) is 0.0469. The van der Waals surface area contributed by atoms with E-state index in [1.807, 2.05) is 0 Å². The van der Waals surface area contributed by atoms with E-state index in [4.69, 9.17) is 0 Å². The van der Waals surface area contributed by atoms with Gasteiger partial charge in [0.1, 0.15) is 0 Å². The molecule has 0 bridgehead atoms. The molecule has 0 aromatic heterocycles. The summed E-state index contributed by atoms with van der Waals surface area (Å²) in [5.41, 5.74) is 0. The Hall–Kier alpha value is -2.08. The van der Waals surface area contributed by atoms with Crippen LogP contribution >= 0.6 is 38.9 Å². The molecule has 4 aromatic carbocycles. The van der Waals surface area contributed by atoms with Gasteiger partial charge in [-0.25, -0.2) is 0 Å². The van der Waals surface area contributed by atoms with Crippen LogP contribution < -0.4 is 21.2 Å². The zero-order chi connectivity index (χ0) is 37.0. The number of hydrogen-bond donors (Lipinski definition) is 2. The molecule has 4 rings (SSSR count). The van der Waals surface area contributed by atoms with Gasteiger partial charge in [0.25, 0.3) is 0 Å². The molecule has 0 amide bonds. The van der Waals surface area contributed by atoms with Crippen molar-refractivity contribution in [3.63, 3.8) is 0 Å². The van der Waals surface area contributed by atoms with Crippen LogP contribution in [0.2, 0.25) is 0 Å². The van der Waals surface area contributed by atoms with E-state index in [-0.39, 0.29) is 24.8 Å². The van der Waals surface area contributed by atoms with Gasteiger partial charge >= 0.3 is 0 Å². The maximum Gasteiger partial charge on any atom is 0.0237 e. The van der Waals surface area contributed by atoms with Crippen molar-refractivity contribution in [2.24, 2.45) is 0 Å². The van der Waals surface area contributed by atoms with Gasteiger partial charge in [0.05, 0.1) is 0 Å². The summed E-state index contributed by atoms with van der Waals surface area (Å²) in [6, 6.07) is 42.1. The minimum absolute atomic E-state index is 0. The van der Waals surface area contributed by atoms with Gasteiger partial charge in [-0.15, -0.1) is 24.8 Å². The molecule has 0 radical (unpaired) electrons. The van der Waals surface area contributed by atoms with Gasteiger partial charge in [0.15, 0.2) is 0 Å². The second-order valence-corrected chi connectivity index (χ2v) is 21.0. The fourth-order valence-corrected chi connectivity index (χ4v) is 13.0. The molecule has 0 unspecified atom stereocenters. The fourth-order valence-electron chi connectivity index (χ4n) is 7.22. The predicted octanol–water partition coefficient (Wildman–Crippen LogP) is 15.5. The van der Waals surface area contributed by atoms with Crippen LogP contribution in [-0.2, 0) is 0 Å². The third-order valence-corrected chi connectivity index (χ3v) is 17.2. The molecule has 2 nitrogen and oxygen atoms in total. The molecule has 6 heteroatoms. The van der Waals surface area contributed by atoms with Crippen molar-refractivity contribution in [2.45, 2.75) is 142 Å². The summed E-state index contributed by atoms with van der Waals surface area (Å²) < 4.78 is 0. The highest BCUT2D eigenvalue weighted by molar-refractivity contribution is 7.80. The topological polar surface area (TPSA) is 47.7 Å².